The van der Waals surface area contributed by atoms with Gasteiger partial charge in [0, 0.05) is 0 Å². The maximum absolute atomic E-state index is 9.59. The van der Waals surface area contributed by atoms with Crippen molar-refractivity contribution in [3.8, 4) is 163 Å². The van der Waals surface area contributed by atoms with Gasteiger partial charge < -0.3 is 9.47 Å². The lowest BCUT2D eigenvalue weighted by Gasteiger charge is -2.22. The van der Waals surface area contributed by atoms with E-state index in [1.165, 1.54) is 141 Å². The first-order valence-corrected chi connectivity index (χ1v) is 57.1. The molecule has 0 aliphatic heterocycles. The van der Waals surface area contributed by atoms with Gasteiger partial charge in [0.25, 0.3) is 0 Å². The fourth-order valence-corrected chi connectivity index (χ4v) is 24.2. The highest BCUT2D eigenvalue weighted by molar-refractivity contribution is 6.89. The van der Waals surface area contributed by atoms with Crippen LogP contribution in [0.5, 0.6) is 11.5 Å². The van der Waals surface area contributed by atoms with Crippen LogP contribution in [0.2, 0.25) is 39.3 Å². The van der Waals surface area contributed by atoms with Crippen LogP contribution in [0.4, 0.5) is 17.1 Å². The summed E-state index contributed by atoms with van der Waals surface area (Å²) >= 11 is 0. The SMILES string of the molecule is [C-]#[N+]c1ccc(-c2cc(-c3ccc(CC)cc3)c3ccc4c(-c5ccc(C#N)cc5)cc(-c5ccc(CC)cc5)c5ccc2c3c45)cc1.[C-]#[N+]c1ccc(-c2cc(-c3ccc(OC)cc3)c3ccc4c(-c5ccc(C#N)cc5)cc(-c5ccc(OC)cc5)c5ccc2c3c45)cc1.[C-]#[N+]c1ccc(-c2cc(-c3ccc([Si](C)(C)C)cc3)c3ccc4c(-c5ccc(C#N)cc5)cc(-c5ccc([Si](C)(C)C)cc5)c5ccc2c3c45)cc1. The van der Waals surface area contributed by atoms with Crippen molar-refractivity contribution < 1.29 is 9.47 Å². The minimum atomic E-state index is -1.47. The van der Waals surface area contributed by atoms with Crippen molar-refractivity contribution in [3.05, 3.63) is 462 Å². The van der Waals surface area contributed by atoms with Crippen LogP contribution in [0.3, 0.4) is 0 Å². The molecule has 10 heteroatoms. The summed E-state index contributed by atoms with van der Waals surface area (Å²) in [5, 5.41) is 53.2. The lowest BCUT2D eigenvalue weighted by molar-refractivity contribution is 0.415. The molecule has 0 saturated carbocycles. The Morgan fingerprint density at radius 3 is 0.500 bits per heavy atom. The van der Waals surface area contributed by atoms with E-state index in [4.69, 9.17) is 29.2 Å². The average Bonchev–Trinajstić information content (AvgIpc) is 0.713. The van der Waals surface area contributed by atoms with E-state index in [1.807, 2.05) is 121 Å². The maximum Gasteiger partial charge on any atom is 0.187 e. The van der Waals surface area contributed by atoms with E-state index < -0.39 is 16.1 Å². The number of nitrogens with zero attached hydrogens (tertiary/aromatic N) is 6. The first-order valence-electron chi connectivity index (χ1n) is 50.1. The second kappa shape index (κ2) is 38.9. The van der Waals surface area contributed by atoms with Crippen LogP contribution in [-0.4, -0.2) is 30.4 Å². The summed E-state index contributed by atoms with van der Waals surface area (Å²) in [6.07, 6.45) is 1.99. The Kier molecular flexibility index (Phi) is 24.8. The molecule has 702 valence electrons. The Morgan fingerprint density at radius 2 is 0.358 bits per heavy atom. The fraction of sp³-hybridized carbons (Fsp3) is 0.0870. The van der Waals surface area contributed by atoms with Crippen LogP contribution in [0.25, 0.3) is 245 Å². The van der Waals surface area contributed by atoms with Crippen molar-refractivity contribution in [1.29, 1.82) is 15.8 Å². The number of benzene rings is 24. The standard InChI is InChI=1S/C48H40N2Si2.C46H32N2.C44H28N2O2/c1-50-36-18-12-33(13-19-36)44-29-46(35-16-22-38(23-17-35)52(5,6)7)42-26-24-39-43(32-10-8-31(30-49)9-11-32)28-45(41-27-25-40(44)48(42)47(39)41)34-14-20-37(21-15-34)51(2,3)4;1-4-29-6-12-32(13-7-29)41-26-43(34-16-10-31(28-47)11-17-34)39-23-22-38-42(33-14-8-30(5-2)9-15-33)27-44(35-18-20-36(48-3)21-19-35)40-25-24-37(41)45(39)46(38)40;1-46-32-14-8-29(9-15-32)40-25-42(31-12-18-34(48-3)19-13-31)38-22-20-35-39(28-6-4-27(26-45)5-7-28)24-41(30-10-16-33(47-2)17-11-30)37-23-21-36(40)44(38)43(35)37/h8-29H,2-7H3;6-27H,4-5H2,1-2H3;4-25H,2-3H3. The lowest BCUT2D eigenvalue weighted by Crippen LogP contribution is -2.37. The molecule has 8 nitrogen and oxygen atoms in total. The van der Waals surface area contributed by atoms with Gasteiger partial charge in [-0.1, -0.05) is 367 Å². The Balaban J connectivity index is 0.000000126. The molecule has 0 unspecified atom stereocenters. The Hall–Kier alpha value is -18.6. The molecule has 0 saturated heterocycles. The number of rotatable bonds is 18. The molecule has 0 aliphatic carbocycles. The predicted molar refractivity (Wildman–Crippen MR) is 626 cm³/mol. The molecule has 0 N–H and O–H groups in total. The van der Waals surface area contributed by atoms with Crippen molar-refractivity contribution in [2.45, 2.75) is 66.0 Å². The molecule has 24 rings (SSSR count). The first-order chi connectivity index (χ1) is 72.1. The van der Waals surface area contributed by atoms with E-state index in [0.29, 0.717) is 33.8 Å². The normalized spacial score (nSPS) is 11.5. The van der Waals surface area contributed by atoms with Gasteiger partial charge in [-0.25, -0.2) is 14.5 Å². The summed E-state index contributed by atoms with van der Waals surface area (Å²) < 4.78 is 11.0. The molecule has 0 radical (unpaired) electrons. The summed E-state index contributed by atoms with van der Waals surface area (Å²) in [7, 11) is 0.417. The minimum absolute atomic E-state index is 0.614. The largest absolute Gasteiger partial charge is 0.497 e. The number of hydrogen-bond acceptors (Lipinski definition) is 5. The molecule has 0 fully saturated rings. The number of ether oxygens (including phenoxy) is 2. The molecule has 0 spiro atoms. The average molecular weight is 1930 g/mol. The second-order valence-electron chi connectivity index (χ2n) is 40.3. The van der Waals surface area contributed by atoms with Crippen LogP contribution in [0, 0.1) is 53.7 Å². The minimum Gasteiger partial charge on any atom is -0.497 e. The monoisotopic (exact) mass is 1930 g/mol. The highest BCUT2D eigenvalue weighted by atomic mass is 28.3. The summed E-state index contributed by atoms with van der Waals surface area (Å²) in [4.78, 5) is 10.9. The molecule has 148 heavy (non-hydrogen) atoms. The maximum atomic E-state index is 9.59. The van der Waals surface area contributed by atoms with E-state index in [-0.39, 0.29) is 0 Å². The zero-order valence-electron chi connectivity index (χ0n) is 84.0. The van der Waals surface area contributed by atoms with Gasteiger partial charge in [0.2, 0.25) is 0 Å². The van der Waals surface area contributed by atoms with E-state index in [9.17, 15) is 15.8 Å². The molecule has 24 aromatic carbocycles. The van der Waals surface area contributed by atoms with E-state index in [2.05, 4.69) is 365 Å². The number of nitriles is 3. The third-order valence-corrected chi connectivity index (χ3v) is 34.0. The van der Waals surface area contributed by atoms with Gasteiger partial charge in [0.05, 0.1) is 85.0 Å². The molecule has 0 atom stereocenters. The second-order valence-corrected chi connectivity index (χ2v) is 50.5. The highest BCUT2D eigenvalue weighted by Gasteiger charge is 2.29. The quantitative estimate of drug-likeness (QED) is 0.0484. The van der Waals surface area contributed by atoms with E-state index in [0.717, 1.165) is 135 Å². The van der Waals surface area contributed by atoms with E-state index in [1.54, 1.807) is 14.2 Å². The van der Waals surface area contributed by atoms with Crippen LogP contribution < -0.4 is 19.8 Å². The predicted octanol–water partition coefficient (Wildman–Crippen LogP) is 37.3. The summed E-state index contributed by atoms with van der Waals surface area (Å²) in [6.45, 7) is 41.3. The number of hydrogen-bond donors (Lipinski definition) is 0. The van der Waals surface area contributed by atoms with Crippen LogP contribution >= 0.6 is 0 Å². The molecule has 0 amide bonds. The van der Waals surface area contributed by atoms with Crippen LogP contribution in [-0.2, 0) is 12.8 Å². The third kappa shape index (κ3) is 17.3. The number of methoxy groups -OCH3 is 2. The smallest absolute Gasteiger partial charge is 0.187 e. The zero-order chi connectivity index (χ0) is 102. The molecule has 0 bridgehead atoms. The van der Waals surface area contributed by atoms with Gasteiger partial charge in [-0.05, 0) is 352 Å². The van der Waals surface area contributed by atoms with Crippen molar-refractivity contribution in [3.63, 3.8) is 0 Å². The summed E-state index contributed by atoms with van der Waals surface area (Å²) in [6, 6.07) is 149. The Bertz CT molecular complexity index is 8670. The molecule has 0 aliphatic rings. The van der Waals surface area contributed by atoms with Crippen molar-refractivity contribution in [1.82, 2.24) is 0 Å². The van der Waals surface area contributed by atoms with Gasteiger partial charge >= 0.3 is 0 Å². The number of aryl methyl sites for hydroxylation is 2. The van der Waals surface area contributed by atoms with Crippen molar-refractivity contribution >= 4 is 141 Å². The highest BCUT2D eigenvalue weighted by Crippen LogP contribution is 2.55. The molecule has 0 aromatic heterocycles. The van der Waals surface area contributed by atoms with Gasteiger partial charge in [-0.15, -0.1) is 0 Å². The zero-order valence-corrected chi connectivity index (χ0v) is 86.0. The van der Waals surface area contributed by atoms with Crippen molar-refractivity contribution in [2.24, 2.45) is 0 Å². The van der Waals surface area contributed by atoms with Gasteiger partial charge in [0.15, 0.2) is 17.1 Å². The summed E-state index contributed by atoms with van der Waals surface area (Å²) in [5.74, 6) is 1.62. The van der Waals surface area contributed by atoms with Crippen LogP contribution in [0.1, 0.15) is 41.7 Å². The van der Waals surface area contributed by atoms with Gasteiger partial charge in [-0.2, -0.15) is 15.8 Å². The lowest BCUT2D eigenvalue weighted by atomic mass is 9.82. The third-order valence-electron chi connectivity index (χ3n) is 29.9. The first kappa shape index (κ1) is 94.3. The van der Waals surface area contributed by atoms with Gasteiger partial charge in [0.1, 0.15) is 11.5 Å². The molecular weight excluding hydrogens is 1830 g/mol. The van der Waals surface area contributed by atoms with Crippen molar-refractivity contribution in [2.75, 3.05) is 14.2 Å². The molecular formula is C138H100N6O2Si2. The Morgan fingerprint density at radius 1 is 0.209 bits per heavy atom. The summed E-state index contributed by atoms with van der Waals surface area (Å²) in [5.41, 5.74) is 33.8. The molecule has 0 heterocycles. The van der Waals surface area contributed by atoms with E-state index >= 15 is 0 Å². The topological polar surface area (TPSA) is 103 Å². The van der Waals surface area contributed by atoms with Gasteiger partial charge in [-0.3, -0.25) is 0 Å². The fourth-order valence-electron chi connectivity index (χ4n) is 21.8. The van der Waals surface area contributed by atoms with Crippen LogP contribution in [0.15, 0.2) is 400 Å². The molecule has 24 aromatic rings. The Labute approximate surface area is 865 Å².